The van der Waals surface area contributed by atoms with Crippen LogP contribution in [0.2, 0.25) is 5.02 Å². The van der Waals surface area contributed by atoms with Crippen molar-refractivity contribution in [1.29, 1.82) is 0 Å². The lowest BCUT2D eigenvalue weighted by molar-refractivity contribution is -0.124. The Balaban J connectivity index is 1.88. The van der Waals surface area contributed by atoms with Gasteiger partial charge in [-0.25, -0.2) is 0 Å². The first kappa shape index (κ1) is 12.0. The molecule has 96 valence electrons. The van der Waals surface area contributed by atoms with Gasteiger partial charge in [0, 0.05) is 17.3 Å². The molecule has 0 bridgehead atoms. The summed E-state index contributed by atoms with van der Waals surface area (Å²) in [6.07, 6.45) is 2.82. The molecule has 1 saturated carbocycles. The number of amides is 1. The Bertz CT molecular complexity index is 489. The van der Waals surface area contributed by atoms with E-state index < -0.39 is 6.10 Å². The summed E-state index contributed by atoms with van der Waals surface area (Å²) in [5.74, 6) is -0.170. The van der Waals surface area contributed by atoms with Gasteiger partial charge in [0.05, 0.1) is 12.0 Å². The minimum atomic E-state index is -0.472. The summed E-state index contributed by atoms with van der Waals surface area (Å²) in [6.45, 7) is 0.682. The van der Waals surface area contributed by atoms with Crippen molar-refractivity contribution in [2.24, 2.45) is 5.92 Å². The molecule has 1 heterocycles. The second-order valence-corrected chi connectivity index (χ2v) is 5.49. The third-order valence-corrected chi connectivity index (χ3v) is 4.39. The molecule has 1 amide bonds. The Hall–Kier alpha value is -1.06. The molecule has 4 heteroatoms. The lowest BCUT2D eigenvalue weighted by atomic mass is 10.0. The van der Waals surface area contributed by atoms with Crippen LogP contribution in [0.5, 0.6) is 0 Å². The Morgan fingerprint density at radius 1 is 1.39 bits per heavy atom. The summed E-state index contributed by atoms with van der Waals surface area (Å²) < 4.78 is 0. The van der Waals surface area contributed by atoms with Gasteiger partial charge in [-0.3, -0.25) is 4.79 Å². The van der Waals surface area contributed by atoms with E-state index in [0.717, 1.165) is 42.0 Å². The van der Waals surface area contributed by atoms with Crippen molar-refractivity contribution in [3.8, 4) is 0 Å². The molecule has 1 N–H and O–H groups in total. The summed E-state index contributed by atoms with van der Waals surface area (Å²) in [4.78, 5) is 14.2. The first-order chi connectivity index (χ1) is 8.68. The maximum atomic E-state index is 12.5. The van der Waals surface area contributed by atoms with Gasteiger partial charge in [-0.2, -0.15) is 0 Å². The normalized spacial score (nSPS) is 26.4. The van der Waals surface area contributed by atoms with E-state index in [1.54, 1.807) is 4.90 Å². The van der Waals surface area contributed by atoms with Crippen LogP contribution in [0.25, 0.3) is 0 Å². The Morgan fingerprint density at radius 3 is 2.94 bits per heavy atom. The number of carbonyl (C=O) groups is 1. The highest BCUT2D eigenvalue weighted by molar-refractivity contribution is 6.32. The molecule has 2 atom stereocenters. The molecule has 1 aliphatic carbocycles. The third kappa shape index (κ3) is 1.82. The van der Waals surface area contributed by atoms with Crippen molar-refractivity contribution < 1.29 is 9.90 Å². The summed E-state index contributed by atoms with van der Waals surface area (Å²) in [6, 6.07) is 5.67. The van der Waals surface area contributed by atoms with E-state index >= 15 is 0 Å². The monoisotopic (exact) mass is 265 g/mol. The van der Waals surface area contributed by atoms with Gasteiger partial charge >= 0.3 is 0 Å². The van der Waals surface area contributed by atoms with Gasteiger partial charge in [-0.1, -0.05) is 17.7 Å². The van der Waals surface area contributed by atoms with E-state index in [2.05, 4.69) is 0 Å². The van der Waals surface area contributed by atoms with Gasteiger partial charge in [-0.05, 0) is 43.4 Å². The smallest absolute Gasteiger partial charge is 0.232 e. The largest absolute Gasteiger partial charge is 0.392 e. The van der Waals surface area contributed by atoms with E-state index in [1.165, 1.54) is 0 Å². The second-order valence-electron chi connectivity index (χ2n) is 5.08. The fraction of sp³-hybridized carbons (Fsp3) is 0.500. The topological polar surface area (TPSA) is 40.5 Å². The lowest BCUT2D eigenvalue weighted by Gasteiger charge is -2.23. The number of rotatable bonds is 1. The Kier molecular flexibility index (Phi) is 3.04. The van der Waals surface area contributed by atoms with Crippen molar-refractivity contribution in [2.75, 3.05) is 11.4 Å². The summed E-state index contributed by atoms with van der Waals surface area (Å²) in [7, 11) is 0. The number of nitrogens with zero attached hydrogens (tertiary/aromatic N) is 1. The molecule has 0 saturated heterocycles. The molecule has 0 aromatic heterocycles. The van der Waals surface area contributed by atoms with E-state index in [0.29, 0.717) is 6.54 Å². The van der Waals surface area contributed by atoms with E-state index in [9.17, 15) is 9.90 Å². The zero-order valence-electron chi connectivity index (χ0n) is 10.1. The van der Waals surface area contributed by atoms with Crippen LogP contribution in [0.3, 0.4) is 0 Å². The van der Waals surface area contributed by atoms with Gasteiger partial charge in [0.1, 0.15) is 0 Å². The van der Waals surface area contributed by atoms with Crippen LogP contribution in [0.4, 0.5) is 5.69 Å². The van der Waals surface area contributed by atoms with Crippen LogP contribution in [-0.4, -0.2) is 23.7 Å². The molecule has 2 aliphatic rings. The number of hydrogen-bond acceptors (Lipinski definition) is 2. The third-order valence-electron chi connectivity index (χ3n) is 4.03. The number of aliphatic hydroxyl groups excluding tert-OH is 1. The quantitative estimate of drug-likeness (QED) is 0.847. The molecular formula is C14H16ClNO2. The standard InChI is InChI=1S/C14H16ClNO2/c15-11-4-2-5-12-9(11)7-8-16(12)14(18)10-3-1-6-13(10)17/h2,4-5,10,13,17H,1,3,6-8H2. The molecule has 1 fully saturated rings. The highest BCUT2D eigenvalue weighted by Crippen LogP contribution is 2.36. The first-order valence-corrected chi connectivity index (χ1v) is 6.83. The van der Waals surface area contributed by atoms with Gasteiger partial charge in [-0.15, -0.1) is 0 Å². The van der Waals surface area contributed by atoms with Crippen LogP contribution in [0, 0.1) is 5.92 Å². The van der Waals surface area contributed by atoms with E-state index in [4.69, 9.17) is 11.6 Å². The number of anilines is 1. The molecule has 3 nitrogen and oxygen atoms in total. The predicted molar refractivity (Wildman–Crippen MR) is 70.9 cm³/mol. The SMILES string of the molecule is O=C(C1CCCC1O)N1CCc2c(Cl)cccc21. The predicted octanol–water partition coefficient (Wildman–Crippen LogP) is 2.39. The molecule has 2 unspecified atom stereocenters. The summed E-state index contributed by atoms with van der Waals surface area (Å²) in [5, 5.41) is 10.6. The average Bonchev–Trinajstić information content (AvgIpc) is 2.95. The van der Waals surface area contributed by atoms with E-state index in [-0.39, 0.29) is 11.8 Å². The van der Waals surface area contributed by atoms with Crippen molar-refractivity contribution in [3.63, 3.8) is 0 Å². The number of carbonyl (C=O) groups excluding carboxylic acids is 1. The zero-order chi connectivity index (χ0) is 12.7. The van der Waals surface area contributed by atoms with Crippen LogP contribution in [-0.2, 0) is 11.2 Å². The van der Waals surface area contributed by atoms with Gasteiger partial charge in [0.2, 0.25) is 5.91 Å². The minimum absolute atomic E-state index is 0.0565. The summed E-state index contributed by atoms with van der Waals surface area (Å²) >= 11 is 6.14. The number of fused-ring (bicyclic) bond motifs is 1. The van der Waals surface area contributed by atoms with E-state index in [1.807, 2.05) is 18.2 Å². The van der Waals surface area contributed by atoms with Crippen LogP contribution in [0.1, 0.15) is 24.8 Å². The molecular weight excluding hydrogens is 250 g/mol. The average molecular weight is 266 g/mol. The number of hydrogen-bond donors (Lipinski definition) is 1. The van der Waals surface area contributed by atoms with Crippen LogP contribution < -0.4 is 4.90 Å². The van der Waals surface area contributed by atoms with Crippen LogP contribution in [0.15, 0.2) is 18.2 Å². The fourth-order valence-corrected chi connectivity index (χ4v) is 3.31. The fourth-order valence-electron chi connectivity index (χ4n) is 3.05. The molecule has 1 aromatic rings. The number of benzene rings is 1. The molecule has 0 radical (unpaired) electrons. The van der Waals surface area contributed by atoms with Crippen molar-refractivity contribution >= 4 is 23.2 Å². The highest BCUT2D eigenvalue weighted by atomic mass is 35.5. The maximum Gasteiger partial charge on any atom is 0.232 e. The van der Waals surface area contributed by atoms with Crippen LogP contribution >= 0.6 is 11.6 Å². The molecule has 0 spiro atoms. The van der Waals surface area contributed by atoms with Crippen molar-refractivity contribution in [2.45, 2.75) is 31.8 Å². The Morgan fingerprint density at radius 2 is 2.22 bits per heavy atom. The molecule has 1 aliphatic heterocycles. The highest BCUT2D eigenvalue weighted by Gasteiger charge is 2.37. The minimum Gasteiger partial charge on any atom is -0.392 e. The van der Waals surface area contributed by atoms with Gasteiger partial charge in [0.25, 0.3) is 0 Å². The lowest BCUT2D eigenvalue weighted by Crippen LogP contribution is -2.38. The zero-order valence-corrected chi connectivity index (χ0v) is 10.9. The van der Waals surface area contributed by atoms with Crippen molar-refractivity contribution in [3.05, 3.63) is 28.8 Å². The second kappa shape index (κ2) is 4.56. The van der Waals surface area contributed by atoms with Crippen molar-refractivity contribution in [1.82, 2.24) is 0 Å². The molecule has 3 rings (SSSR count). The molecule has 1 aromatic carbocycles. The first-order valence-electron chi connectivity index (χ1n) is 6.45. The summed E-state index contributed by atoms with van der Waals surface area (Å²) in [5.41, 5.74) is 1.98. The van der Waals surface area contributed by atoms with Gasteiger partial charge in [0.15, 0.2) is 0 Å². The van der Waals surface area contributed by atoms with Gasteiger partial charge < -0.3 is 10.0 Å². The Labute approximate surface area is 111 Å². The molecule has 18 heavy (non-hydrogen) atoms. The number of aliphatic hydroxyl groups is 1. The maximum absolute atomic E-state index is 12.5. The number of halogens is 1.